The molecule has 0 atom stereocenters. The molecule has 0 unspecified atom stereocenters. The van der Waals surface area contributed by atoms with Gasteiger partial charge in [-0.15, -0.1) is 0 Å². The van der Waals surface area contributed by atoms with Gasteiger partial charge in [-0.05, 0) is 60.9 Å². The topological polar surface area (TPSA) is 46.5 Å². The fourth-order valence-corrected chi connectivity index (χ4v) is 5.89. The van der Waals surface area contributed by atoms with Crippen molar-refractivity contribution in [2.24, 2.45) is 5.92 Å². The molecule has 0 heterocycles. The van der Waals surface area contributed by atoms with Gasteiger partial charge in [0, 0.05) is 5.56 Å². The molecule has 38 heavy (non-hydrogen) atoms. The Labute approximate surface area is 225 Å². The molecule has 2 aromatic rings. The zero-order valence-corrected chi connectivity index (χ0v) is 22.7. The number of unbranched alkanes of at least 4 members (excludes halogenated alkanes) is 9. The third kappa shape index (κ3) is 8.51. The van der Waals surface area contributed by atoms with Crippen molar-refractivity contribution in [3.05, 3.63) is 53.8 Å². The Balaban J connectivity index is 1.50. The van der Waals surface area contributed by atoms with Crippen LogP contribution in [0.4, 0.5) is 13.2 Å². The highest BCUT2D eigenvalue weighted by atomic mass is 19.3. The largest absolute Gasteiger partial charge is 0.481 e. The average molecular weight is 533 g/mol. The van der Waals surface area contributed by atoms with Crippen molar-refractivity contribution < 1.29 is 27.8 Å². The molecule has 0 aliphatic heterocycles. The molecule has 0 radical (unpaired) electrons. The molecule has 2 aromatic carbocycles. The zero-order chi connectivity index (χ0) is 27.4. The number of alkyl halides is 2. The summed E-state index contributed by atoms with van der Waals surface area (Å²) >= 11 is 0. The summed E-state index contributed by atoms with van der Waals surface area (Å²) in [6.07, 6.45) is 16.7. The van der Waals surface area contributed by atoms with Crippen LogP contribution in [0.1, 0.15) is 109 Å². The highest BCUT2D eigenvalue weighted by molar-refractivity contribution is 5.82. The van der Waals surface area contributed by atoms with Crippen molar-refractivity contribution in [1.29, 1.82) is 0 Å². The van der Waals surface area contributed by atoms with Gasteiger partial charge in [-0.25, -0.2) is 4.39 Å². The first kappa shape index (κ1) is 30.0. The minimum Gasteiger partial charge on any atom is -0.481 e. The number of hydrogen-bond donors (Lipinski definition) is 1. The summed E-state index contributed by atoms with van der Waals surface area (Å²) < 4.78 is 44.5. The summed E-state index contributed by atoms with van der Waals surface area (Å²) in [5, 5.41) is 10.2. The van der Waals surface area contributed by atoms with Crippen LogP contribution in [-0.2, 0) is 10.2 Å². The zero-order valence-electron chi connectivity index (χ0n) is 22.7. The average Bonchev–Trinajstić information content (AvgIpc) is 2.90. The normalized spacial score (nSPS) is 19.6. The molecule has 1 fully saturated rings. The number of aliphatic carboxylic acids is 1. The lowest BCUT2D eigenvalue weighted by Crippen LogP contribution is -2.40. The van der Waals surface area contributed by atoms with Crippen molar-refractivity contribution >= 4 is 5.97 Å². The van der Waals surface area contributed by atoms with Gasteiger partial charge in [0.1, 0.15) is 11.6 Å². The first-order chi connectivity index (χ1) is 18.4. The van der Waals surface area contributed by atoms with E-state index < -0.39 is 23.8 Å². The molecule has 0 bridgehead atoms. The maximum atomic E-state index is 15.3. The van der Waals surface area contributed by atoms with E-state index in [1.54, 1.807) is 24.3 Å². The Kier molecular flexibility index (Phi) is 12.0. The van der Waals surface area contributed by atoms with Crippen molar-refractivity contribution in [3.63, 3.8) is 0 Å². The summed E-state index contributed by atoms with van der Waals surface area (Å²) in [6.45, 7) is -0.665. The maximum Gasteiger partial charge on any atom is 0.387 e. The van der Waals surface area contributed by atoms with Crippen molar-refractivity contribution in [1.82, 2.24) is 0 Å². The lowest BCUT2D eigenvalue weighted by atomic mass is 9.65. The van der Waals surface area contributed by atoms with Crippen molar-refractivity contribution in [3.8, 4) is 16.9 Å². The van der Waals surface area contributed by atoms with Gasteiger partial charge in [0.2, 0.25) is 0 Å². The monoisotopic (exact) mass is 532 g/mol. The first-order valence-electron chi connectivity index (χ1n) is 14.4. The molecule has 1 N–H and O–H groups in total. The van der Waals surface area contributed by atoms with Crippen LogP contribution >= 0.6 is 0 Å². The third-order valence-corrected chi connectivity index (χ3v) is 8.23. The van der Waals surface area contributed by atoms with Gasteiger partial charge in [-0.3, -0.25) is 4.79 Å². The van der Waals surface area contributed by atoms with E-state index in [4.69, 9.17) is 0 Å². The van der Waals surface area contributed by atoms with Gasteiger partial charge in [-0.1, -0.05) is 102 Å². The second-order valence-corrected chi connectivity index (χ2v) is 10.9. The number of carboxylic acids is 1. The van der Waals surface area contributed by atoms with E-state index in [1.807, 2.05) is 0 Å². The van der Waals surface area contributed by atoms with E-state index in [1.165, 1.54) is 82.4 Å². The van der Waals surface area contributed by atoms with Crippen molar-refractivity contribution in [2.75, 3.05) is 0 Å². The molecule has 3 nitrogen and oxygen atoms in total. The van der Waals surface area contributed by atoms with Gasteiger partial charge in [-0.2, -0.15) is 8.78 Å². The maximum absolute atomic E-state index is 15.3. The fourth-order valence-electron chi connectivity index (χ4n) is 5.89. The summed E-state index contributed by atoms with van der Waals surface area (Å²) in [5.41, 5.74) is 0.238. The molecule has 210 valence electrons. The standard InChI is InChI=1S/C32H43F3O3/c1-2-3-4-5-6-7-8-9-10-11-12-24-19-21-32(22-20-24,30(36)37)28-18-15-26(23-29(28)33)25-13-16-27(17-14-25)38-31(34)35/h13-18,23-24,31H,2-12,19-22H2,1H3,(H,36,37). The van der Waals surface area contributed by atoms with E-state index in [0.29, 0.717) is 29.9 Å². The number of hydrogen-bond acceptors (Lipinski definition) is 2. The van der Waals surface area contributed by atoms with Gasteiger partial charge >= 0.3 is 12.6 Å². The van der Waals surface area contributed by atoms with Gasteiger partial charge in [0.05, 0.1) is 5.41 Å². The lowest BCUT2D eigenvalue weighted by Gasteiger charge is -2.37. The van der Waals surface area contributed by atoms with Crippen LogP contribution in [0.25, 0.3) is 11.1 Å². The molecule has 0 spiro atoms. The number of carboxylic acid groups (broad SMARTS) is 1. The second kappa shape index (κ2) is 15.2. The van der Waals surface area contributed by atoms with E-state index in [2.05, 4.69) is 11.7 Å². The Morgan fingerprint density at radius 1 is 0.895 bits per heavy atom. The van der Waals surface area contributed by atoms with Crippen LogP contribution < -0.4 is 4.74 Å². The highest BCUT2D eigenvalue weighted by Gasteiger charge is 2.45. The Morgan fingerprint density at radius 3 is 1.97 bits per heavy atom. The van der Waals surface area contributed by atoms with Gasteiger partial charge in [0.15, 0.2) is 0 Å². The molecular weight excluding hydrogens is 489 g/mol. The molecule has 0 amide bonds. The molecule has 3 rings (SSSR count). The van der Waals surface area contributed by atoms with Crippen LogP contribution in [0.5, 0.6) is 5.75 Å². The number of carbonyl (C=O) groups is 1. The predicted molar refractivity (Wildman–Crippen MR) is 146 cm³/mol. The summed E-state index contributed by atoms with van der Waals surface area (Å²) in [6, 6.07) is 10.6. The lowest BCUT2D eigenvalue weighted by molar-refractivity contribution is -0.145. The fraction of sp³-hybridized carbons (Fsp3) is 0.594. The quantitative estimate of drug-likeness (QED) is 0.219. The van der Waals surface area contributed by atoms with Crippen LogP contribution in [0.3, 0.4) is 0 Å². The third-order valence-electron chi connectivity index (χ3n) is 8.23. The molecule has 1 saturated carbocycles. The molecule has 1 aliphatic rings. The van der Waals surface area contributed by atoms with E-state index in [0.717, 1.165) is 19.3 Å². The molecule has 6 heteroatoms. The molecule has 0 aromatic heterocycles. The smallest absolute Gasteiger partial charge is 0.387 e. The van der Waals surface area contributed by atoms with Crippen LogP contribution in [0, 0.1) is 11.7 Å². The number of benzene rings is 2. The first-order valence-corrected chi connectivity index (χ1v) is 14.4. The van der Waals surface area contributed by atoms with Crippen molar-refractivity contribution in [2.45, 2.75) is 115 Å². The predicted octanol–water partition coefficient (Wildman–Crippen LogP) is 9.92. The minimum absolute atomic E-state index is 0.0280. The van der Waals surface area contributed by atoms with E-state index in [-0.39, 0.29) is 11.3 Å². The van der Waals surface area contributed by atoms with Crippen LogP contribution in [0.2, 0.25) is 0 Å². The SMILES string of the molecule is CCCCCCCCCCCCC1CCC(C(=O)O)(c2ccc(-c3ccc(OC(F)F)cc3)cc2F)CC1. The summed E-state index contributed by atoms with van der Waals surface area (Å²) in [7, 11) is 0. The molecular formula is C32H43F3O3. The minimum atomic E-state index is -2.91. The van der Waals surface area contributed by atoms with Gasteiger partial charge < -0.3 is 9.84 Å². The number of rotatable bonds is 16. The summed E-state index contributed by atoms with van der Waals surface area (Å²) in [5.74, 6) is -0.964. The molecule has 1 aliphatic carbocycles. The number of ether oxygens (including phenoxy) is 1. The van der Waals surface area contributed by atoms with Crippen LogP contribution in [-0.4, -0.2) is 17.7 Å². The summed E-state index contributed by atoms with van der Waals surface area (Å²) in [4.78, 5) is 12.4. The number of halogens is 3. The van der Waals surface area contributed by atoms with E-state index in [9.17, 15) is 18.7 Å². The Hall–Kier alpha value is -2.50. The van der Waals surface area contributed by atoms with E-state index >= 15 is 4.39 Å². The second-order valence-electron chi connectivity index (χ2n) is 10.9. The molecule has 0 saturated heterocycles. The van der Waals surface area contributed by atoms with Gasteiger partial charge in [0.25, 0.3) is 0 Å². The Bertz CT molecular complexity index is 982. The van der Waals surface area contributed by atoms with Crippen LogP contribution in [0.15, 0.2) is 42.5 Å². The highest BCUT2D eigenvalue weighted by Crippen LogP contribution is 2.44. The Morgan fingerprint density at radius 2 is 1.45 bits per heavy atom.